The smallest absolute Gasteiger partial charge is 0.409 e. The third-order valence-corrected chi connectivity index (χ3v) is 3.72. The molecule has 0 atom stereocenters. The Bertz CT molecular complexity index is 609. The third kappa shape index (κ3) is 6.01. The van der Waals surface area contributed by atoms with Gasteiger partial charge in [-0.2, -0.15) is 0 Å². The van der Waals surface area contributed by atoms with E-state index in [4.69, 9.17) is 13.6 Å². The van der Waals surface area contributed by atoms with Crippen molar-refractivity contribution in [2.24, 2.45) is 0 Å². The van der Waals surface area contributed by atoms with Crippen LogP contribution in [0, 0.1) is 0 Å². The summed E-state index contributed by atoms with van der Waals surface area (Å²) in [5.74, 6) is 2.00. The molecule has 4 heteroatoms. The second kappa shape index (κ2) is 9.50. The molecule has 0 aliphatic rings. The average Bonchev–Trinajstić information content (AvgIpc) is 2.57. The van der Waals surface area contributed by atoms with Crippen molar-refractivity contribution in [3.63, 3.8) is 0 Å². The number of hydrogen-bond acceptors (Lipinski definition) is 3. The van der Waals surface area contributed by atoms with Crippen LogP contribution in [0.2, 0.25) is 0 Å². The Morgan fingerprint density at radius 2 is 1.43 bits per heavy atom. The fourth-order valence-electron chi connectivity index (χ4n) is 1.67. The van der Waals surface area contributed by atoms with Gasteiger partial charge >= 0.3 is 8.60 Å². The predicted molar refractivity (Wildman–Crippen MR) is 95.2 cm³/mol. The van der Waals surface area contributed by atoms with Gasteiger partial charge < -0.3 is 13.6 Å². The number of hydrogen-bond donors (Lipinski definition) is 0. The van der Waals surface area contributed by atoms with Gasteiger partial charge in [-0.25, -0.2) is 0 Å². The van der Waals surface area contributed by atoms with Crippen LogP contribution in [0.3, 0.4) is 0 Å². The van der Waals surface area contributed by atoms with Crippen LogP contribution in [-0.4, -0.2) is 0 Å². The second-order valence-electron chi connectivity index (χ2n) is 4.43. The van der Waals surface area contributed by atoms with Crippen LogP contribution in [0.5, 0.6) is 11.5 Å². The Morgan fingerprint density at radius 3 is 1.87 bits per heavy atom. The summed E-state index contributed by atoms with van der Waals surface area (Å²) < 4.78 is 17.6. The van der Waals surface area contributed by atoms with Gasteiger partial charge in [0.25, 0.3) is 0 Å². The Labute approximate surface area is 138 Å². The van der Waals surface area contributed by atoms with Crippen molar-refractivity contribution < 1.29 is 13.6 Å². The molecule has 2 rings (SSSR count). The molecule has 0 bridgehead atoms. The molecule has 0 saturated heterocycles. The molecule has 0 saturated carbocycles. The monoisotopic (exact) mass is 326 g/mol. The highest BCUT2D eigenvalue weighted by Gasteiger charge is 2.19. The van der Waals surface area contributed by atoms with E-state index in [1.54, 1.807) is 12.2 Å². The van der Waals surface area contributed by atoms with Crippen molar-refractivity contribution >= 4 is 8.60 Å². The molecule has 2 aromatic carbocycles. The SMILES string of the molecule is C=C/C=C(\C=C/C)OP(Oc1ccccc1)Oc1ccccc1. The Kier molecular flexibility index (Phi) is 6.96. The Hall–Kier alpha value is -2.51. The molecule has 0 aliphatic heterocycles. The summed E-state index contributed by atoms with van der Waals surface area (Å²) in [5, 5.41) is 0. The number of allylic oxidation sites excluding steroid dienone is 4. The molecule has 0 aliphatic carbocycles. The quantitative estimate of drug-likeness (QED) is 0.336. The fourth-order valence-corrected chi connectivity index (χ4v) is 2.67. The van der Waals surface area contributed by atoms with Crippen LogP contribution in [0.1, 0.15) is 6.92 Å². The van der Waals surface area contributed by atoms with Gasteiger partial charge in [0.05, 0.1) is 0 Å². The molecule has 23 heavy (non-hydrogen) atoms. The second-order valence-corrected chi connectivity index (χ2v) is 5.42. The molecule has 0 heterocycles. The highest BCUT2D eigenvalue weighted by molar-refractivity contribution is 7.42. The van der Waals surface area contributed by atoms with Gasteiger partial charge in [-0.1, -0.05) is 55.1 Å². The van der Waals surface area contributed by atoms with E-state index in [2.05, 4.69) is 6.58 Å². The first kappa shape index (κ1) is 16.9. The lowest BCUT2D eigenvalue weighted by Gasteiger charge is -2.18. The minimum Gasteiger partial charge on any atom is -0.409 e. The summed E-state index contributed by atoms with van der Waals surface area (Å²) in [6.45, 7) is 5.61. The molecule has 0 unspecified atom stereocenters. The summed E-state index contributed by atoms with van der Waals surface area (Å²) >= 11 is 0. The van der Waals surface area contributed by atoms with Gasteiger partial charge in [0.15, 0.2) is 0 Å². The lowest BCUT2D eigenvalue weighted by atomic mass is 10.3. The highest BCUT2D eigenvalue weighted by Crippen LogP contribution is 2.43. The maximum absolute atomic E-state index is 5.86. The first-order valence-electron chi connectivity index (χ1n) is 7.21. The van der Waals surface area contributed by atoms with Crippen molar-refractivity contribution in [2.75, 3.05) is 0 Å². The van der Waals surface area contributed by atoms with Gasteiger partial charge in [0, 0.05) is 0 Å². The maximum atomic E-state index is 5.86. The molecule has 0 radical (unpaired) electrons. The van der Waals surface area contributed by atoms with Crippen molar-refractivity contribution in [3.05, 3.63) is 97.3 Å². The van der Waals surface area contributed by atoms with Gasteiger partial charge in [-0.3, -0.25) is 0 Å². The minimum absolute atomic E-state index is 0.625. The van der Waals surface area contributed by atoms with Gasteiger partial charge in [-0.05, 0) is 43.3 Å². The molecule has 2 aromatic rings. The number of para-hydroxylation sites is 2. The lowest BCUT2D eigenvalue weighted by Crippen LogP contribution is -1.99. The van der Waals surface area contributed by atoms with Gasteiger partial charge in [0.2, 0.25) is 0 Å². The minimum atomic E-state index is -1.64. The molecule has 0 spiro atoms. The summed E-state index contributed by atoms with van der Waals surface area (Å²) in [4.78, 5) is 0. The first-order valence-corrected chi connectivity index (χ1v) is 8.31. The number of benzene rings is 2. The van der Waals surface area contributed by atoms with Crippen molar-refractivity contribution in [3.8, 4) is 11.5 Å². The largest absolute Gasteiger partial charge is 0.530 e. The molecule has 0 N–H and O–H groups in total. The van der Waals surface area contributed by atoms with Crippen LogP contribution in [0.4, 0.5) is 0 Å². The molecule has 0 aromatic heterocycles. The van der Waals surface area contributed by atoms with Crippen molar-refractivity contribution in [1.29, 1.82) is 0 Å². The van der Waals surface area contributed by atoms with Gasteiger partial charge in [-0.15, -0.1) is 0 Å². The lowest BCUT2D eigenvalue weighted by molar-refractivity contribution is 0.340. The number of rotatable bonds is 8. The summed E-state index contributed by atoms with van der Waals surface area (Å²) in [7, 11) is -1.64. The van der Waals surface area contributed by atoms with E-state index in [-0.39, 0.29) is 0 Å². The fraction of sp³-hybridized carbons (Fsp3) is 0.0526. The van der Waals surface area contributed by atoms with Crippen LogP contribution < -0.4 is 9.05 Å². The summed E-state index contributed by atoms with van der Waals surface area (Å²) in [5.41, 5.74) is 0. The average molecular weight is 326 g/mol. The van der Waals surface area contributed by atoms with E-state index >= 15 is 0 Å². The zero-order chi connectivity index (χ0) is 16.3. The van der Waals surface area contributed by atoms with E-state index in [0.717, 1.165) is 0 Å². The van der Waals surface area contributed by atoms with Gasteiger partial charge in [0.1, 0.15) is 17.3 Å². The summed E-state index contributed by atoms with van der Waals surface area (Å²) in [6, 6.07) is 18.9. The van der Waals surface area contributed by atoms with Crippen LogP contribution in [0.25, 0.3) is 0 Å². The van der Waals surface area contributed by atoms with Crippen molar-refractivity contribution in [1.82, 2.24) is 0 Å². The van der Waals surface area contributed by atoms with E-state index in [9.17, 15) is 0 Å². The van der Waals surface area contributed by atoms with Crippen LogP contribution in [0.15, 0.2) is 97.3 Å². The van der Waals surface area contributed by atoms with Crippen LogP contribution in [-0.2, 0) is 4.52 Å². The predicted octanol–water partition coefficient (Wildman–Crippen LogP) is 6.03. The van der Waals surface area contributed by atoms with Crippen LogP contribution >= 0.6 is 8.60 Å². The Balaban J connectivity index is 2.16. The molecule has 118 valence electrons. The molecule has 0 amide bonds. The molecule has 0 fully saturated rings. The standard InChI is InChI=1S/C19H19O3P/c1-3-11-17(12-4-2)20-23(21-18-13-7-5-8-14-18)22-19-15-9-6-10-16-19/h3-16H,1H2,2H3/b12-4-,17-11+. The molecular weight excluding hydrogens is 307 g/mol. The topological polar surface area (TPSA) is 27.7 Å². The zero-order valence-corrected chi connectivity index (χ0v) is 13.9. The normalized spacial score (nSPS) is 11.5. The van der Waals surface area contributed by atoms with E-state index in [1.807, 2.05) is 79.7 Å². The first-order chi connectivity index (χ1) is 11.3. The van der Waals surface area contributed by atoms with Crippen molar-refractivity contribution in [2.45, 2.75) is 6.92 Å². The maximum Gasteiger partial charge on any atom is 0.530 e. The molecular formula is C19H19O3P. The van der Waals surface area contributed by atoms with E-state index < -0.39 is 8.60 Å². The zero-order valence-electron chi connectivity index (χ0n) is 13.0. The third-order valence-electron chi connectivity index (χ3n) is 2.64. The van der Waals surface area contributed by atoms with E-state index in [1.165, 1.54) is 0 Å². The highest BCUT2D eigenvalue weighted by atomic mass is 31.2. The van der Waals surface area contributed by atoms with E-state index in [0.29, 0.717) is 17.3 Å². The molecule has 3 nitrogen and oxygen atoms in total. The Morgan fingerprint density at radius 1 is 0.913 bits per heavy atom. The summed E-state index contributed by atoms with van der Waals surface area (Å²) in [6.07, 6.45) is 7.14.